The van der Waals surface area contributed by atoms with E-state index in [-0.39, 0.29) is 0 Å². The summed E-state index contributed by atoms with van der Waals surface area (Å²) in [5.74, 6) is -21.0. The highest BCUT2D eigenvalue weighted by Gasteiger charge is 2.57. The van der Waals surface area contributed by atoms with Crippen molar-refractivity contribution < 1.29 is 44.3 Å². The van der Waals surface area contributed by atoms with Gasteiger partial charge in [0.2, 0.25) is 34.8 Å². The third-order valence-electron chi connectivity index (χ3n) is 1.81. The third-order valence-corrected chi connectivity index (χ3v) is 1.81. The van der Waals surface area contributed by atoms with E-state index in [1.807, 2.05) is 0 Å². The minimum atomic E-state index is -5.97. The minimum Gasteiger partial charge on any atom is -0.432 e. The van der Waals surface area contributed by atoms with E-state index >= 15 is 0 Å². The molecule has 0 spiro atoms. The highest BCUT2D eigenvalue weighted by Crippen LogP contribution is 2.36. The number of rotatable bonds is 2. The van der Waals surface area contributed by atoms with Crippen molar-refractivity contribution in [3.63, 3.8) is 0 Å². The average Bonchev–Trinajstić information content (AvgIpc) is 2.28. The molecular weight excluding hydrogens is 297 g/mol. The minimum absolute atomic E-state index is 2.47. The molecule has 0 aromatic heterocycles. The molecule has 1 rings (SSSR count). The Bertz CT molecular complexity index is 481. The number of hydrogen-bond acceptors (Lipinski definition) is 2. The van der Waals surface area contributed by atoms with Crippen LogP contribution in [0.1, 0.15) is 0 Å². The van der Waals surface area contributed by atoms with Crippen LogP contribution in [0.4, 0.5) is 39.5 Å². The number of hydrogen-bond donors (Lipinski definition) is 1. The predicted octanol–water partition coefficient (Wildman–Crippen LogP) is 2.91. The van der Waals surface area contributed by atoms with Gasteiger partial charge in [-0.15, -0.1) is 0 Å². The number of halogens is 9. The molecular formula is C8H2F9NO. The standard InChI is InChI=1S/C8H2F9NO/c9-1-2(10)4(12)6(5(13)3(1)11)19-8(17,18)7(14,15)16/h18H2. The molecule has 1 atom stereocenters. The maximum Gasteiger partial charge on any atom is 0.477 e. The Morgan fingerprint density at radius 3 is 1.32 bits per heavy atom. The lowest BCUT2D eigenvalue weighted by molar-refractivity contribution is -0.300. The van der Waals surface area contributed by atoms with Gasteiger partial charge in [0.05, 0.1) is 0 Å². The van der Waals surface area contributed by atoms with Gasteiger partial charge in [-0.3, -0.25) is 5.73 Å². The molecule has 11 heteroatoms. The highest BCUT2D eigenvalue weighted by molar-refractivity contribution is 5.30. The molecule has 0 aliphatic heterocycles. The van der Waals surface area contributed by atoms with Crippen LogP contribution in [-0.2, 0) is 0 Å². The fourth-order valence-electron chi connectivity index (χ4n) is 0.881. The van der Waals surface area contributed by atoms with Crippen molar-refractivity contribution in [1.82, 2.24) is 0 Å². The molecule has 1 unspecified atom stereocenters. The van der Waals surface area contributed by atoms with Crippen LogP contribution in [0, 0.1) is 29.1 Å². The van der Waals surface area contributed by atoms with E-state index in [9.17, 15) is 39.5 Å². The van der Waals surface area contributed by atoms with E-state index in [0.29, 0.717) is 0 Å². The van der Waals surface area contributed by atoms with Crippen LogP contribution in [0.5, 0.6) is 5.75 Å². The molecule has 2 nitrogen and oxygen atoms in total. The van der Waals surface area contributed by atoms with Crippen LogP contribution < -0.4 is 10.5 Å². The van der Waals surface area contributed by atoms with Crippen molar-refractivity contribution in [2.24, 2.45) is 5.73 Å². The molecule has 0 bridgehead atoms. The first-order chi connectivity index (χ1) is 8.40. The van der Waals surface area contributed by atoms with Crippen molar-refractivity contribution in [2.75, 3.05) is 0 Å². The second-order valence-electron chi connectivity index (χ2n) is 3.14. The number of nitrogens with two attached hydrogens (primary N) is 1. The van der Waals surface area contributed by atoms with Crippen LogP contribution >= 0.6 is 0 Å². The molecule has 0 fully saturated rings. The molecule has 1 aromatic carbocycles. The SMILES string of the molecule is NC(F)(Oc1c(F)c(F)c(F)c(F)c1F)C(F)(F)F. The normalized spacial score (nSPS) is 15.3. The molecule has 0 amide bonds. The van der Waals surface area contributed by atoms with Gasteiger partial charge in [-0.25, -0.2) is 13.2 Å². The van der Waals surface area contributed by atoms with Gasteiger partial charge in [0, 0.05) is 0 Å². The van der Waals surface area contributed by atoms with Gasteiger partial charge >= 0.3 is 12.2 Å². The lowest BCUT2D eigenvalue weighted by Gasteiger charge is -2.24. The topological polar surface area (TPSA) is 35.2 Å². The summed E-state index contributed by atoms with van der Waals surface area (Å²) in [5.41, 5.74) is 3.92. The Morgan fingerprint density at radius 1 is 0.684 bits per heavy atom. The Labute approximate surface area is 98.1 Å². The summed E-state index contributed by atoms with van der Waals surface area (Å²) in [6.45, 7) is 0. The molecule has 1 aromatic rings. The average molecular weight is 299 g/mol. The van der Waals surface area contributed by atoms with Gasteiger partial charge in [0.1, 0.15) is 0 Å². The van der Waals surface area contributed by atoms with Gasteiger partial charge in [-0.2, -0.15) is 26.3 Å². The number of benzene rings is 1. The Kier molecular flexibility index (Phi) is 3.63. The summed E-state index contributed by atoms with van der Waals surface area (Å²) in [4.78, 5) is 0. The molecule has 0 aliphatic carbocycles. The zero-order valence-electron chi connectivity index (χ0n) is 8.39. The highest BCUT2D eigenvalue weighted by atomic mass is 19.4. The number of ether oxygens (including phenoxy) is 1. The zero-order valence-corrected chi connectivity index (χ0v) is 8.39. The molecule has 0 saturated carbocycles. The maximum absolute atomic E-state index is 12.9. The maximum atomic E-state index is 12.9. The molecule has 19 heavy (non-hydrogen) atoms. The second-order valence-corrected chi connectivity index (χ2v) is 3.14. The molecule has 2 N–H and O–H groups in total. The molecule has 0 radical (unpaired) electrons. The van der Waals surface area contributed by atoms with Crippen LogP contribution in [-0.4, -0.2) is 12.2 Å². The third kappa shape index (κ3) is 2.55. The molecule has 108 valence electrons. The first kappa shape index (κ1) is 15.4. The Morgan fingerprint density at radius 2 is 1.00 bits per heavy atom. The van der Waals surface area contributed by atoms with E-state index in [2.05, 4.69) is 10.5 Å². The van der Waals surface area contributed by atoms with Crippen molar-refractivity contribution in [3.05, 3.63) is 29.1 Å². The Balaban J connectivity index is 3.39. The number of alkyl halides is 4. The lowest BCUT2D eigenvalue weighted by atomic mass is 10.2. The summed E-state index contributed by atoms with van der Waals surface area (Å²) in [6.07, 6.45) is -5.97. The van der Waals surface area contributed by atoms with Crippen molar-refractivity contribution in [1.29, 1.82) is 0 Å². The van der Waals surface area contributed by atoms with Crippen molar-refractivity contribution in [2.45, 2.75) is 12.2 Å². The molecule has 0 heterocycles. The van der Waals surface area contributed by atoms with Crippen LogP contribution in [0.3, 0.4) is 0 Å². The van der Waals surface area contributed by atoms with E-state index < -0.39 is 47.0 Å². The van der Waals surface area contributed by atoms with Gasteiger partial charge < -0.3 is 4.74 Å². The van der Waals surface area contributed by atoms with Crippen molar-refractivity contribution in [3.8, 4) is 5.75 Å². The smallest absolute Gasteiger partial charge is 0.432 e. The van der Waals surface area contributed by atoms with Gasteiger partial charge in [0.25, 0.3) is 0 Å². The largest absolute Gasteiger partial charge is 0.477 e. The van der Waals surface area contributed by atoms with Crippen LogP contribution in [0.25, 0.3) is 0 Å². The van der Waals surface area contributed by atoms with Crippen LogP contribution in [0.15, 0.2) is 0 Å². The summed E-state index contributed by atoms with van der Waals surface area (Å²) in [5, 5.41) is 0. The second kappa shape index (κ2) is 4.47. The fraction of sp³-hybridized carbons (Fsp3) is 0.250. The first-order valence-electron chi connectivity index (χ1n) is 4.15. The zero-order chi connectivity index (χ0) is 15.2. The quantitative estimate of drug-likeness (QED) is 0.300. The van der Waals surface area contributed by atoms with Gasteiger partial charge in [0.15, 0.2) is 0 Å². The summed E-state index contributed by atoms with van der Waals surface area (Å²) in [6, 6.07) is 0. The summed E-state index contributed by atoms with van der Waals surface area (Å²) in [7, 11) is 0. The van der Waals surface area contributed by atoms with Gasteiger partial charge in [-0.05, 0) is 0 Å². The predicted molar refractivity (Wildman–Crippen MR) is 40.9 cm³/mol. The van der Waals surface area contributed by atoms with Gasteiger partial charge in [-0.1, -0.05) is 0 Å². The Hall–Kier alpha value is -1.65. The summed E-state index contributed by atoms with van der Waals surface area (Å²) < 4.78 is 115. The first-order valence-corrected chi connectivity index (χ1v) is 4.15. The van der Waals surface area contributed by atoms with Crippen LogP contribution in [0.2, 0.25) is 0 Å². The molecule has 0 aliphatic rings. The summed E-state index contributed by atoms with van der Waals surface area (Å²) >= 11 is 0. The van der Waals surface area contributed by atoms with E-state index in [1.165, 1.54) is 0 Å². The van der Waals surface area contributed by atoms with E-state index in [0.717, 1.165) is 0 Å². The molecule has 0 saturated heterocycles. The van der Waals surface area contributed by atoms with E-state index in [4.69, 9.17) is 0 Å². The monoisotopic (exact) mass is 299 g/mol. The van der Waals surface area contributed by atoms with Crippen molar-refractivity contribution >= 4 is 0 Å². The fourth-order valence-corrected chi connectivity index (χ4v) is 0.881. The lowest BCUT2D eigenvalue weighted by Crippen LogP contribution is -2.54. The van der Waals surface area contributed by atoms with E-state index in [1.54, 1.807) is 0 Å².